The Hall–Kier alpha value is -3.42. The van der Waals surface area contributed by atoms with Crippen LogP contribution in [0.1, 0.15) is 31.1 Å². The topological polar surface area (TPSA) is 149 Å². The van der Waals surface area contributed by atoms with E-state index in [1.54, 1.807) is 0 Å². The lowest BCUT2D eigenvalue weighted by atomic mass is 9.97. The van der Waals surface area contributed by atoms with Crippen molar-refractivity contribution in [3.05, 3.63) is 58.9 Å². The van der Waals surface area contributed by atoms with Gasteiger partial charge in [0, 0.05) is 5.56 Å². The van der Waals surface area contributed by atoms with Crippen LogP contribution in [0, 0.1) is 0 Å². The van der Waals surface area contributed by atoms with Crippen molar-refractivity contribution in [2.24, 2.45) is 0 Å². The van der Waals surface area contributed by atoms with Crippen molar-refractivity contribution in [1.29, 1.82) is 0 Å². The minimum absolute atomic E-state index is 0.369. The SMILES string of the molecule is O=C(O)C(O)=CC=CC(=O)c1cccc(C(=O)O)c1C(=O)O. The number of hydrogen-bond donors (Lipinski definition) is 4. The number of aliphatic carboxylic acids is 1. The van der Waals surface area contributed by atoms with Crippen LogP contribution in [0.5, 0.6) is 0 Å². The fourth-order valence-corrected chi connectivity index (χ4v) is 1.55. The molecule has 0 atom stereocenters. The van der Waals surface area contributed by atoms with E-state index in [2.05, 4.69) is 0 Å². The fraction of sp³-hybridized carbons (Fsp3) is 0. The van der Waals surface area contributed by atoms with Crippen molar-refractivity contribution in [3.8, 4) is 0 Å². The molecule has 0 radical (unpaired) electrons. The predicted molar refractivity (Wildman–Crippen MR) is 72.2 cm³/mol. The molecule has 0 amide bonds. The number of ketones is 1. The first-order chi connectivity index (χ1) is 10.3. The molecule has 0 saturated heterocycles. The molecular weight excluding hydrogens is 296 g/mol. The number of aliphatic hydroxyl groups is 1. The van der Waals surface area contributed by atoms with E-state index in [0.717, 1.165) is 30.4 Å². The summed E-state index contributed by atoms with van der Waals surface area (Å²) in [5.41, 5.74) is -1.58. The average Bonchev–Trinajstić information content (AvgIpc) is 2.45. The maximum atomic E-state index is 11.9. The van der Waals surface area contributed by atoms with Gasteiger partial charge < -0.3 is 20.4 Å². The summed E-state index contributed by atoms with van der Waals surface area (Å²) < 4.78 is 0. The molecule has 1 aromatic rings. The largest absolute Gasteiger partial charge is 0.502 e. The molecule has 4 N–H and O–H groups in total. The summed E-state index contributed by atoms with van der Waals surface area (Å²) >= 11 is 0. The molecule has 22 heavy (non-hydrogen) atoms. The van der Waals surface area contributed by atoms with Gasteiger partial charge in [-0.1, -0.05) is 18.2 Å². The van der Waals surface area contributed by atoms with Crippen molar-refractivity contribution in [2.45, 2.75) is 0 Å². The monoisotopic (exact) mass is 306 g/mol. The quantitative estimate of drug-likeness (QED) is 0.266. The zero-order chi connectivity index (χ0) is 16.9. The first kappa shape index (κ1) is 16.6. The molecule has 1 aromatic carbocycles. The van der Waals surface area contributed by atoms with Crippen molar-refractivity contribution in [1.82, 2.24) is 0 Å². The van der Waals surface area contributed by atoms with E-state index < -0.39 is 40.6 Å². The first-order valence-corrected chi connectivity index (χ1v) is 5.70. The third-order valence-electron chi connectivity index (χ3n) is 2.50. The van der Waals surface area contributed by atoms with E-state index in [-0.39, 0.29) is 5.56 Å². The number of carbonyl (C=O) groups is 4. The van der Waals surface area contributed by atoms with Crippen LogP contribution >= 0.6 is 0 Å². The molecule has 0 saturated carbocycles. The molecule has 0 fully saturated rings. The highest BCUT2D eigenvalue weighted by atomic mass is 16.4. The summed E-state index contributed by atoms with van der Waals surface area (Å²) in [4.78, 5) is 44.4. The van der Waals surface area contributed by atoms with Crippen LogP contribution in [0.3, 0.4) is 0 Å². The van der Waals surface area contributed by atoms with Gasteiger partial charge in [0.2, 0.25) is 5.76 Å². The van der Waals surface area contributed by atoms with Gasteiger partial charge in [0.1, 0.15) is 0 Å². The minimum Gasteiger partial charge on any atom is -0.502 e. The second kappa shape index (κ2) is 6.84. The lowest BCUT2D eigenvalue weighted by molar-refractivity contribution is -0.135. The summed E-state index contributed by atoms with van der Waals surface area (Å²) in [5, 5.41) is 35.3. The number of allylic oxidation sites excluding steroid dienone is 3. The lowest BCUT2D eigenvalue weighted by Crippen LogP contribution is -2.13. The van der Waals surface area contributed by atoms with Crippen LogP contribution < -0.4 is 0 Å². The Morgan fingerprint density at radius 2 is 1.45 bits per heavy atom. The molecule has 114 valence electrons. The van der Waals surface area contributed by atoms with Gasteiger partial charge in [0.05, 0.1) is 11.1 Å². The van der Waals surface area contributed by atoms with E-state index in [1.807, 2.05) is 0 Å². The number of carboxylic acid groups (broad SMARTS) is 3. The lowest BCUT2D eigenvalue weighted by Gasteiger charge is -2.06. The van der Waals surface area contributed by atoms with Crippen molar-refractivity contribution in [2.75, 3.05) is 0 Å². The predicted octanol–water partition coefficient (Wildman–Crippen LogP) is 1.35. The number of aliphatic hydroxyl groups excluding tert-OH is 1. The van der Waals surface area contributed by atoms with Gasteiger partial charge >= 0.3 is 17.9 Å². The molecule has 0 aliphatic heterocycles. The van der Waals surface area contributed by atoms with E-state index in [1.165, 1.54) is 6.07 Å². The Morgan fingerprint density at radius 3 is 1.95 bits per heavy atom. The third-order valence-corrected chi connectivity index (χ3v) is 2.50. The number of rotatable bonds is 6. The number of hydrogen-bond acceptors (Lipinski definition) is 5. The van der Waals surface area contributed by atoms with Crippen molar-refractivity contribution < 1.29 is 39.6 Å². The first-order valence-electron chi connectivity index (χ1n) is 5.70. The third kappa shape index (κ3) is 3.79. The number of benzene rings is 1. The van der Waals surface area contributed by atoms with E-state index in [4.69, 9.17) is 20.4 Å². The summed E-state index contributed by atoms with van der Waals surface area (Å²) in [6.45, 7) is 0. The second-order valence-electron chi connectivity index (χ2n) is 3.92. The van der Waals surface area contributed by atoms with Gasteiger partial charge in [-0.05, 0) is 18.2 Å². The van der Waals surface area contributed by atoms with Gasteiger partial charge in [-0.3, -0.25) is 4.79 Å². The fourth-order valence-electron chi connectivity index (χ4n) is 1.55. The molecule has 0 aliphatic carbocycles. The van der Waals surface area contributed by atoms with E-state index in [0.29, 0.717) is 0 Å². The molecule has 1 rings (SSSR count). The number of aromatic carboxylic acids is 2. The Bertz CT molecular complexity index is 712. The average molecular weight is 306 g/mol. The van der Waals surface area contributed by atoms with Crippen LogP contribution in [0.15, 0.2) is 42.2 Å². The second-order valence-corrected chi connectivity index (χ2v) is 3.92. The molecular formula is C14H10O8. The Labute approximate surface area is 123 Å². The molecule has 0 heterocycles. The summed E-state index contributed by atoms with van der Waals surface area (Å²) in [7, 11) is 0. The summed E-state index contributed by atoms with van der Waals surface area (Å²) in [5.74, 6) is -6.55. The Morgan fingerprint density at radius 1 is 0.864 bits per heavy atom. The van der Waals surface area contributed by atoms with Gasteiger partial charge in [-0.25, -0.2) is 14.4 Å². The Balaban J connectivity index is 3.25. The Kier molecular flexibility index (Phi) is 5.17. The van der Waals surface area contributed by atoms with Gasteiger partial charge in [0.15, 0.2) is 5.78 Å². The van der Waals surface area contributed by atoms with Crippen LogP contribution in [-0.2, 0) is 4.79 Å². The molecule has 0 spiro atoms. The van der Waals surface area contributed by atoms with Crippen LogP contribution in [-0.4, -0.2) is 44.1 Å². The molecule has 0 aromatic heterocycles. The smallest absolute Gasteiger partial charge is 0.370 e. The van der Waals surface area contributed by atoms with Crippen LogP contribution in [0.25, 0.3) is 0 Å². The number of carbonyl (C=O) groups excluding carboxylic acids is 1. The zero-order valence-electron chi connectivity index (χ0n) is 10.9. The zero-order valence-corrected chi connectivity index (χ0v) is 10.9. The van der Waals surface area contributed by atoms with Crippen molar-refractivity contribution in [3.63, 3.8) is 0 Å². The van der Waals surface area contributed by atoms with E-state index >= 15 is 0 Å². The maximum absolute atomic E-state index is 11.9. The molecule has 8 heteroatoms. The highest BCUT2D eigenvalue weighted by Crippen LogP contribution is 2.16. The molecule has 0 unspecified atom stereocenters. The van der Waals surface area contributed by atoms with Gasteiger partial charge in [-0.2, -0.15) is 0 Å². The molecule has 0 bridgehead atoms. The normalized spacial score (nSPS) is 11.4. The summed E-state index contributed by atoms with van der Waals surface area (Å²) in [6.07, 6.45) is 2.44. The highest BCUT2D eigenvalue weighted by Gasteiger charge is 2.22. The van der Waals surface area contributed by atoms with E-state index in [9.17, 15) is 19.2 Å². The summed E-state index contributed by atoms with van der Waals surface area (Å²) in [6, 6.07) is 3.38. The van der Waals surface area contributed by atoms with Gasteiger partial charge in [0.25, 0.3) is 0 Å². The van der Waals surface area contributed by atoms with Crippen LogP contribution in [0.2, 0.25) is 0 Å². The van der Waals surface area contributed by atoms with Gasteiger partial charge in [-0.15, -0.1) is 0 Å². The standard InChI is InChI=1S/C14H10O8/c15-9(5-2-6-10(16)13(19)20)7-3-1-4-8(12(17)18)11(7)14(21)22/h1-6,16H,(H,17,18)(H,19,20)(H,21,22). The molecule has 8 nitrogen and oxygen atoms in total. The number of carboxylic acids is 3. The van der Waals surface area contributed by atoms with Crippen LogP contribution in [0.4, 0.5) is 0 Å². The van der Waals surface area contributed by atoms with Crippen molar-refractivity contribution >= 4 is 23.7 Å². The highest BCUT2D eigenvalue weighted by molar-refractivity contribution is 6.14. The molecule has 0 aliphatic rings. The minimum atomic E-state index is -1.60. The maximum Gasteiger partial charge on any atom is 0.370 e.